The van der Waals surface area contributed by atoms with Gasteiger partial charge in [0.05, 0.1) is 50.4 Å². The van der Waals surface area contributed by atoms with Crippen molar-refractivity contribution in [2.24, 2.45) is 13.0 Å². The third kappa shape index (κ3) is 7.29. The molecule has 0 unspecified atom stereocenters. The number of fused-ring (bicyclic) bond motifs is 5. The summed E-state index contributed by atoms with van der Waals surface area (Å²) in [5.74, 6) is -10.2. The van der Waals surface area contributed by atoms with Gasteiger partial charge in [0.2, 0.25) is 15.9 Å². The van der Waals surface area contributed by atoms with Crippen LogP contribution >= 0.6 is 11.6 Å². The van der Waals surface area contributed by atoms with E-state index in [1.807, 2.05) is 0 Å². The van der Waals surface area contributed by atoms with Gasteiger partial charge in [-0.3, -0.25) is 28.2 Å². The second kappa shape index (κ2) is 15.2. The molecule has 0 saturated heterocycles. The Bertz CT molecular complexity index is 3350. The molecule has 22 heteroatoms. The summed E-state index contributed by atoms with van der Waals surface area (Å²) >= 11 is 6.61. The minimum Gasteiger partial charge on any atom is -0.344 e. The average molecular weight is 924 g/mol. The zero-order valence-corrected chi connectivity index (χ0v) is 34.5. The number of nitrogens with one attached hydrogen (secondary N) is 2. The molecule has 1 saturated carbocycles. The minimum absolute atomic E-state index is 0.00789. The van der Waals surface area contributed by atoms with Crippen LogP contribution in [0, 0.1) is 34.7 Å². The van der Waals surface area contributed by atoms with Crippen LogP contribution in [0.2, 0.25) is 5.02 Å². The third-order valence-corrected chi connectivity index (χ3v) is 12.1. The lowest BCUT2D eigenvalue weighted by atomic mass is 10.0. The van der Waals surface area contributed by atoms with Gasteiger partial charge in [-0.1, -0.05) is 23.7 Å². The predicted molar refractivity (Wildman–Crippen MR) is 218 cm³/mol. The molecule has 7 aromatic rings. The number of hydrogen-bond donors (Lipinski definition) is 2. The van der Waals surface area contributed by atoms with E-state index in [-0.39, 0.29) is 67.3 Å². The molecule has 2 aliphatic carbocycles. The quantitative estimate of drug-likeness (QED) is 0.125. The lowest BCUT2D eigenvalue weighted by Crippen LogP contribution is -2.38. The molecule has 0 aliphatic heterocycles. The molecule has 9 rings (SSSR count). The molecule has 3 heterocycles. The first kappa shape index (κ1) is 42.5. The van der Waals surface area contributed by atoms with E-state index in [9.17, 15) is 40.4 Å². The number of nitrogens with zero attached hydrogens (tertiary/aromatic N) is 7. The smallest absolute Gasteiger partial charge is 0.293 e. The van der Waals surface area contributed by atoms with Crippen molar-refractivity contribution in [3.05, 3.63) is 133 Å². The molecule has 1 fully saturated rings. The highest BCUT2D eigenvalue weighted by molar-refractivity contribution is 7.92. The van der Waals surface area contributed by atoms with Crippen LogP contribution in [0.3, 0.4) is 0 Å². The maximum Gasteiger partial charge on any atom is 0.293 e. The first-order chi connectivity index (χ1) is 30.2. The SMILES string of the molecule is Cn1nc(NS(C)(=O)=O)c2c(Cl)ccc(-n3c([C@H](Cc4cc(F)cc(F)c4)NC(=O)Cn4nc(C(F)F)c5c4C(F)(F)[C@@H]4C[C@H]54)nc4cc(-c5ccc(F)c(C#N)c5)ccc4c3=O)c21. The van der Waals surface area contributed by atoms with E-state index in [0.29, 0.717) is 21.9 Å². The van der Waals surface area contributed by atoms with Crippen LogP contribution in [0.4, 0.5) is 36.6 Å². The van der Waals surface area contributed by atoms with Crippen LogP contribution in [-0.2, 0) is 40.8 Å². The van der Waals surface area contributed by atoms with Gasteiger partial charge in [-0.05, 0) is 77.6 Å². The van der Waals surface area contributed by atoms with E-state index in [2.05, 4.69) is 20.2 Å². The van der Waals surface area contributed by atoms with Crippen molar-refractivity contribution in [1.29, 1.82) is 5.26 Å². The molecule has 3 atom stereocenters. The fraction of sp³-hybridized carbons (Fsp3) is 0.238. The number of benzene rings is 4. The Hall–Kier alpha value is -6.79. The molecule has 3 aromatic heterocycles. The summed E-state index contributed by atoms with van der Waals surface area (Å²) in [7, 11) is -2.53. The highest BCUT2D eigenvalue weighted by Gasteiger charge is 2.67. The fourth-order valence-corrected chi connectivity index (χ4v) is 9.29. The number of anilines is 1. The number of alkyl halides is 4. The van der Waals surface area contributed by atoms with E-state index in [1.54, 1.807) is 6.07 Å². The average Bonchev–Trinajstić information content (AvgIpc) is 3.76. The van der Waals surface area contributed by atoms with E-state index in [4.69, 9.17) is 16.6 Å². The zero-order chi connectivity index (χ0) is 45.7. The zero-order valence-electron chi connectivity index (χ0n) is 33.0. The van der Waals surface area contributed by atoms with E-state index >= 15 is 13.6 Å². The van der Waals surface area contributed by atoms with Crippen LogP contribution < -0.4 is 15.6 Å². The molecule has 2 aliphatic rings. The number of sulfonamides is 1. The normalized spacial score (nSPS) is 16.8. The summed E-state index contributed by atoms with van der Waals surface area (Å²) < 4.78 is 133. The molecule has 0 radical (unpaired) electrons. The molecule has 64 heavy (non-hydrogen) atoms. The van der Waals surface area contributed by atoms with Crippen LogP contribution in [0.25, 0.3) is 38.6 Å². The Morgan fingerprint density at radius 1 is 1.02 bits per heavy atom. The lowest BCUT2D eigenvalue weighted by Gasteiger charge is -2.24. The van der Waals surface area contributed by atoms with E-state index < -0.39 is 93.5 Å². The Balaban J connectivity index is 1.27. The monoisotopic (exact) mass is 923 g/mol. The molecule has 2 N–H and O–H groups in total. The number of hydrogen-bond acceptors (Lipinski definition) is 8. The number of aryl methyl sites for hydroxylation is 1. The van der Waals surface area contributed by atoms with Crippen molar-refractivity contribution < 1.29 is 43.9 Å². The highest BCUT2D eigenvalue weighted by Crippen LogP contribution is 2.68. The number of aromatic nitrogens is 6. The van der Waals surface area contributed by atoms with Crippen molar-refractivity contribution in [1.82, 2.24) is 34.4 Å². The van der Waals surface area contributed by atoms with Gasteiger partial charge in [0.1, 0.15) is 47.3 Å². The van der Waals surface area contributed by atoms with Gasteiger partial charge in [-0.2, -0.15) is 24.2 Å². The lowest BCUT2D eigenvalue weighted by molar-refractivity contribution is -0.123. The first-order valence-corrected chi connectivity index (χ1v) is 21.4. The molecular weight excluding hydrogens is 895 g/mol. The number of halogens is 8. The van der Waals surface area contributed by atoms with Crippen molar-refractivity contribution in [2.45, 2.75) is 43.7 Å². The number of rotatable bonds is 11. The molecule has 328 valence electrons. The van der Waals surface area contributed by atoms with Crippen molar-refractivity contribution in [3.8, 4) is 22.9 Å². The van der Waals surface area contributed by atoms with Crippen LogP contribution in [-0.4, -0.2) is 49.7 Å². The van der Waals surface area contributed by atoms with Crippen molar-refractivity contribution in [3.63, 3.8) is 0 Å². The molecule has 1 amide bonds. The number of nitriles is 1. The van der Waals surface area contributed by atoms with Crippen LogP contribution in [0.1, 0.15) is 58.7 Å². The highest BCUT2D eigenvalue weighted by atomic mass is 35.5. The van der Waals surface area contributed by atoms with Gasteiger partial charge in [0, 0.05) is 31.0 Å². The Morgan fingerprint density at radius 2 is 1.72 bits per heavy atom. The Labute approximate surface area is 361 Å². The molecule has 13 nitrogen and oxygen atoms in total. The largest absolute Gasteiger partial charge is 0.344 e. The minimum atomic E-state index is -3.95. The summed E-state index contributed by atoms with van der Waals surface area (Å²) in [6, 6.07) is 13.4. The second-order valence-electron chi connectivity index (χ2n) is 15.6. The summed E-state index contributed by atoms with van der Waals surface area (Å²) in [6.45, 7) is -1.03. The summed E-state index contributed by atoms with van der Waals surface area (Å²) in [5.41, 5.74) is -2.53. The van der Waals surface area contributed by atoms with Gasteiger partial charge in [0.25, 0.3) is 17.9 Å². The summed E-state index contributed by atoms with van der Waals surface area (Å²) in [5, 5.41) is 20.1. The number of carbonyl (C=O) groups excluding carboxylic acids is 1. The topological polar surface area (TPSA) is 170 Å². The second-order valence-corrected chi connectivity index (χ2v) is 17.7. The van der Waals surface area contributed by atoms with Gasteiger partial charge in [0.15, 0.2) is 5.82 Å². The van der Waals surface area contributed by atoms with Crippen molar-refractivity contribution >= 4 is 55.2 Å². The Morgan fingerprint density at radius 3 is 2.41 bits per heavy atom. The molecular formula is C42H29ClF7N9O4S. The fourth-order valence-electron chi connectivity index (χ4n) is 8.55. The van der Waals surface area contributed by atoms with E-state index in [1.165, 1.54) is 54.2 Å². The maximum absolute atomic E-state index is 15.5. The van der Waals surface area contributed by atoms with Gasteiger partial charge < -0.3 is 5.32 Å². The van der Waals surface area contributed by atoms with Crippen LogP contribution in [0.15, 0.2) is 71.5 Å². The molecule has 4 aromatic carbocycles. The first-order valence-electron chi connectivity index (χ1n) is 19.2. The van der Waals surface area contributed by atoms with Gasteiger partial charge >= 0.3 is 0 Å². The molecule has 0 spiro atoms. The third-order valence-electron chi connectivity index (χ3n) is 11.2. The number of amides is 1. The Kier molecular flexibility index (Phi) is 10.1. The van der Waals surface area contributed by atoms with Crippen LogP contribution in [0.5, 0.6) is 0 Å². The summed E-state index contributed by atoms with van der Waals surface area (Å²) in [4.78, 5) is 34.0. The van der Waals surface area contributed by atoms with Gasteiger partial charge in [-0.25, -0.2) is 35.4 Å². The standard InChI is InChI=1S/C42H29ClF7N9O4S/c1-57-36-31(8-6-27(43)34(36)39(55-57)56-64(2,62)63)59-40(53-29-13-20(3-5-24(29)41(59)61)19-4-7-28(46)21(12-19)16-51)30(11-18-9-22(44)14-23(45)10-18)52-32(60)17-58-37-33(35(54-58)38(47)48)25-15-26(25)42(37,49)50/h3-10,12-14,25-26,30,38H,11,15,17H2,1-2H3,(H,52,60)(H,55,56)/t25-,26+,30-/m0/s1. The van der Waals surface area contributed by atoms with Gasteiger partial charge in [-0.15, -0.1) is 0 Å². The van der Waals surface area contributed by atoms with Crippen molar-refractivity contribution in [2.75, 3.05) is 11.0 Å². The predicted octanol–water partition coefficient (Wildman–Crippen LogP) is 7.70. The summed E-state index contributed by atoms with van der Waals surface area (Å²) in [6.07, 6.45) is -2.91. The maximum atomic E-state index is 15.5. The molecule has 0 bridgehead atoms. The number of carbonyl (C=O) groups is 1. The van der Waals surface area contributed by atoms with E-state index in [0.717, 1.165) is 29.0 Å².